The lowest BCUT2D eigenvalue weighted by Gasteiger charge is -2.19. The van der Waals surface area contributed by atoms with Gasteiger partial charge < -0.3 is 9.84 Å². The molecule has 4 nitrogen and oxygen atoms in total. The molecular weight excluding hydrogens is 532 g/mol. The van der Waals surface area contributed by atoms with Crippen molar-refractivity contribution in [1.82, 2.24) is 0 Å². The molecule has 43 heavy (non-hydrogen) atoms. The monoisotopic (exact) mass is 601 g/mol. The van der Waals surface area contributed by atoms with Crippen LogP contribution in [0.1, 0.15) is 214 Å². The molecule has 0 aliphatic rings. The lowest BCUT2D eigenvalue weighted by Crippen LogP contribution is -2.20. The van der Waals surface area contributed by atoms with Crippen molar-refractivity contribution >= 4 is 11.9 Å². The number of carbonyl (C=O) groups excluding carboxylic acids is 1. The fourth-order valence-electron chi connectivity index (χ4n) is 6.10. The normalized spacial score (nSPS) is 12.0. The maximum atomic E-state index is 13.0. The Labute approximate surface area is 266 Å². The summed E-state index contributed by atoms with van der Waals surface area (Å²) in [6.45, 7) is 4.54. The second-order valence-electron chi connectivity index (χ2n) is 12.9. The molecule has 0 heterocycles. The number of aromatic carboxylic acids is 1. The first-order valence-electron chi connectivity index (χ1n) is 18.6. The molecule has 0 aliphatic carbocycles. The van der Waals surface area contributed by atoms with E-state index in [0.717, 1.165) is 25.7 Å². The first-order chi connectivity index (χ1) is 21.1. The summed E-state index contributed by atoms with van der Waals surface area (Å²) in [6.07, 6.45) is 35.9. The zero-order valence-electron chi connectivity index (χ0n) is 28.4. The zero-order chi connectivity index (χ0) is 31.2. The highest BCUT2D eigenvalue weighted by Gasteiger charge is 2.21. The summed E-state index contributed by atoms with van der Waals surface area (Å²) in [4.78, 5) is 24.6. The third kappa shape index (κ3) is 22.3. The van der Waals surface area contributed by atoms with E-state index >= 15 is 0 Å². The number of ether oxygens (including phenoxy) is 1. The number of hydrogen-bond acceptors (Lipinski definition) is 3. The highest BCUT2D eigenvalue weighted by Crippen LogP contribution is 2.20. The minimum Gasteiger partial charge on any atom is -0.478 e. The summed E-state index contributed by atoms with van der Waals surface area (Å²) in [7, 11) is 0. The van der Waals surface area contributed by atoms with Crippen LogP contribution in [0.4, 0.5) is 0 Å². The van der Waals surface area contributed by atoms with Crippen molar-refractivity contribution < 1.29 is 19.4 Å². The molecule has 0 saturated carbocycles. The van der Waals surface area contributed by atoms with Crippen molar-refractivity contribution in [1.29, 1.82) is 0 Å². The highest BCUT2D eigenvalue weighted by atomic mass is 16.5. The van der Waals surface area contributed by atoms with Gasteiger partial charge in [-0.3, -0.25) is 0 Å². The number of carbonyl (C=O) groups is 2. The molecule has 0 amide bonds. The van der Waals surface area contributed by atoms with Crippen molar-refractivity contribution in [2.45, 2.75) is 200 Å². The lowest BCUT2D eigenvalue weighted by molar-refractivity contribution is 0.0244. The summed E-state index contributed by atoms with van der Waals surface area (Å²) in [5.41, 5.74) is 0.184. The molecule has 1 unspecified atom stereocenters. The van der Waals surface area contributed by atoms with Crippen molar-refractivity contribution in [2.24, 2.45) is 0 Å². The van der Waals surface area contributed by atoms with E-state index in [-0.39, 0.29) is 17.2 Å². The van der Waals surface area contributed by atoms with Crippen LogP contribution in [-0.2, 0) is 4.74 Å². The third-order valence-electron chi connectivity index (χ3n) is 8.91. The number of rotatable bonds is 31. The molecule has 0 aromatic heterocycles. The Hall–Kier alpha value is -1.84. The van der Waals surface area contributed by atoms with Crippen LogP contribution in [0.2, 0.25) is 0 Å². The average Bonchev–Trinajstić information content (AvgIpc) is 3.01. The third-order valence-corrected chi connectivity index (χ3v) is 8.91. The van der Waals surface area contributed by atoms with Crippen LogP contribution in [0.5, 0.6) is 0 Å². The van der Waals surface area contributed by atoms with Crippen molar-refractivity contribution in [3.63, 3.8) is 0 Å². The summed E-state index contributed by atoms with van der Waals surface area (Å²) >= 11 is 0. The molecule has 248 valence electrons. The van der Waals surface area contributed by atoms with Gasteiger partial charge in [-0.05, 0) is 37.8 Å². The second kappa shape index (κ2) is 28.9. The van der Waals surface area contributed by atoms with E-state index in [0.29, 0.717) is 0 Å². The lowest BCUT2D eigenvalue weighted by atomic mass is 10.0. The van der Waals surface area contributed by atoms with E-state index in [4.69, 9.17) is 4.74 Å². The Morgan fingerprint density at radius 2 is 0.814 bits per heavy atom. The van der Waals surface area contributed by atoms with Gasteiger partial charge >= 0.3 is 11.9 Å². The van der Waals surface area contributed by atoms with Gasteiger partial charge in [0.1, 0.15) is 6.10 Å². The van der Waals surface area contributed by atoms with Gasteiger partial charge in [-0.2, -0.15) is 0 Å². The van der Waals surface area contributed by atoms with Crippen molar-refractivity contribution in [3.8, 4) is 0 Å². The summed E-state index contributed by atoms with van der Waals surface area (Å²) in [6, 6.07) is 6.40. The molecule has 0 bridgehead atoms. The van der Waals surface area contributed by atoms with Crippen LogP contribution in [0, 0.1) is 0 Å². The van der Waals surface area contributed by atoms with E-state index in [1.807, 2.05) is 0 Å². The van der Waals surface area contributed by atoms with Crippen LogP contribution >= 0.6 is 0 Å². The largest absolute Gasteiger partial charge is 0.478 e. The molecule has 0 radical (unpaired) electrons. The van der Waals surface area contributed by atoms with Gasteiger partial charge in [-0.15, -0.1) is 0 Å². The molecule has 1 rings (SSSR count). The van der Waals surface area contributed by atoms with Crippen molar-refractivity contribution in [2.75, 3.05) is 0 Å². The second-order valence-corrected chi connectivity index (χ2v) is 12.9. The Kier molecular flexibility index (Phi) is 26.3. The summed E-state index contributed by atoms with van der Waals surface area (Å²) < 4.78 is 5.94. The van der Waals surface area contributed by atoms with E-state index < -0.39 is 11.9 Å². The number of hydrogen-bond donors (Lipinski definition) is 1. The minimum atomic E-state index is -1.09. The molecule has 0 saturated heterocycles. The Bertz CT molecular complexity index is 789. The number of carboxylic acids is 1. The molecule has 1 aromatic rings. The first kappa shape index (κ1) is 39.2. The number of carboxylic acid groups (broad SMARTS) is 1. The fourth-order valence-corrected chi connectivity index (χ4v) is 6.10. The highest BCUT2D eigenvalue weighted by molar-refractivity contribution is 6.02. The van der Waals surface area contributed by atoms with E-state index in [1.165, 1.54) is 160 Å². The topological polar surface area (TPSA) is 63.6 Å². The van der Waals surface area contributed by atoms with Gasteiger partial charge in [0, 0.05) is 0 Å². The van der Waals surface area contributed by atoms with Crippen LogP contribution in [-0.4, -0.2) is 23.1 Å². The van der Waals surface area contributed by atoms with Crippen LogP contribution < -0.4 is 0 Å². The maximum absolute atomic E-state index is 13.0. The van der Waals surface area contributed by atoms with Gasteiger partial charge in [0.05, 0.1) is 11.1 Å². The van der Waals surface area contributed by atoms with E-state index in [2.05, 4.69) is 13.8 Å². The van der Waals surface area contributed by atoms with Gasteiger partial charge in [-0.25, -0.2) is 9.59 Å². The van der Waals surface area contributed by atoms with Gasteiger partial charge in [0.2, 0.25) is 0 Å². The van der Waals surface area contributed by atoms with Gasteiger partial charge in [0.15, 0.2) is 0 Å². The summed E-state index contributed by atoms with van der Waals surface area (Å²) in [5, 5.41) is 9.51. The molecule has 4 heteroatoms. The first-order valence-corrected chi connectivity index (χ1v) is 18.6. The Morgan fingerprint density at radius 1 is 0.512 bits per heavy atom. The fraction of sp³-hybridized carbons (Fsp3) is 0.795. The molecule has 0 spiro atoms. The van der Waals surface area contributed by atoms with E-state index in [1.54, 1.807) is 18.2 Å². The zero-order valence-corrected chi connectivity index (χ0v) is 28.4. The SMILES string of the molecule is CCCCCCCCCCCCCCCCCC(CCCCCCCCCCCCC)OC(=O)c1ccccc1C(=O)O. The number of benzene rings is 1. The Morgan fingerprint density at radius 3 is 1.14 bits per heavy atom. The molecule has 1 atom stereocenters. The molecule has 0 fully saturated rings. The molecule has 0 aliphatic heterocycles. The number of unbranched alkanes of at least 4 members (excludes halogenated alkanes) is 24. The molecule has 1 aromatic carbocycles. The van der Waals surface area contributed by atoms with Gasteiger partial charge in [-0.1, -0.05) is 180 Å². The van der Waals surface area contributed by atoms with Crippen LogP contribution in [0.15, 0.2) is 24.3 Å². The molecule has 1 N–H and O–H groups in total. The standard InChI is InChI=1S/C39H68O4/c1-3-5-7-9-11-13-15-16-17-18-20-22-24-26-28-32-35(31-27-25-23-21-19-14-12-10-8-6-4-2)43-39(42)37-34-30-29-33-36(37)38(40)41/h29-30,33-35H,3-28,31-32H2,1-2H3,(H,40,41). The predicted octanol–water partition coefficient (Wildman–Crippen LogP) is 12.9. The average molecular weight is 601 g/mol. The quantitative estimate of drug-likeness (QED) is 0.0680. The van der Waals surface area contributed by atoms with Gasteiger partial charge in [0.25, 0.3) is 0 Å². The molecular formula is C39H68O4. The Balaban J connectivity index is 2.28. The summed E-state index contributed by atoms with van der Waals surface area (Å²) in [5.74, 6) is -1.58. The number of esters is 1. The van der Waals surface area contributed by atoms with Crippen LogP contribution in [0.3, 0.4) is 0 Å². The van der Waals surface area contributed by atoms with Crippen LogP contribution in [0.25, 0.3) is 0 Å². The predicted molar refractivity (Wildman–Crippen MR) is 183 cm³/mol. The van der Waals surface area contributed by atoms with E-state index in [9.17, 15) is 14.7 Å². The maximum Gasteiger partial charge on any atom is 0.339 e. The smallest absolute Gasteiger partial charge is 0.339 e. The minimum absolute atomic E-state index is 0.0212. The van der Waals surface area contributed by atoms with Crippen molar-refractivity contribution in [3.05, 3.63) is 35.4 Å².